The Morgan fingerprint density at radius 1 is 1.38 bits per heavy atom. The first-order chi connectivity index (χ1) is 11.5. The quantitative estimate of drug-likeness (QED) is 0.709. The summed E-state index contributed by atoms with van der Waals surface area (Å²) in [6.07, 6.45) is 5.74. The Morgan fingerprint density at radius 3 is 2.88 bits per heavy atom. The predicted octanol–water partition coefficient (Wildman–Crippen LogP) is 3.28. The van der Waals surface area contributed by atoms with Gasteiger partial charge < -0.3 is 9.64 Å². The molecule has 7 heteroatoms. The average Bonchev–Trinajstić information content (AvgIpc) is 2.59. The minimum absolute atomic E-state index is 0.0851. The lowest BCUT2D eigenvalue weighted by Gasteiger charge is -2.35. The van der Waals surface area contributed by atoms with Crippen molar-refractivity contribution in [2.45, 2.75) is 50.0 Å². The zero-order chi connectivity index (χ0) is 17.6. The van der Waals surface area contributed by atoms with Crippen molar-refractivity contribution in [2.75, 3.05) is 26.7 Å². The Labute approximate surface area is 150 Å². The summed E-state index contributed by atoms with van der Waals surface area (Å²) in [6.45, 7) is 4.67. The number of likely N-dealkylation sites (tertiary alicyclic amines) is 1. The van der Waals surface area contributed by atoms with Gasteiger partial charge in [-0.15, -0.1) is 0 Å². The van der Waals surface area contributed by atoms with E-state index in [1.807, 2.05) is 0 Å². The lowest BCUT2D eigenvalue weighted by atomic mass is 10.00. The van der Waals surface area contributed by atoms with Crippen LogP contribution in [0.1, 0.15) is 39.0 Å². The van der Waals surface area contributed by atoms with E-state index >= 15 is 0 Å². The summed E-state index contributed by atoms with van der Waals surface area (Å²) in [4.78, 5) is 2.57. The second kappa shape index (κ2) is 9.04. The first-order valence-corrected chi connectivity index (χ1v) is 10.4. The number of benzene rings is 1. The number of sulfonamides is 1. The molecule has 1 heterocycles. The number of ether oxygens (including phenoxy) is 1. The number of piperidine rings is 1. The Morgan fingerprint density at radius 2 is 2.17 bits per heavy atom. The van der Waals surface area contributed by atoms with Crippen LogP contribution in [0.5, 0.6) is 5.75 Å². The molecule has 1 saturated heterocycles. The second-order valence-corrected chi connectivity index (χ2v) is 8.31. The highest BCUT2D eigenvalue weighted by atomic mass is 35.5. The average molecular weight is 375 g/mol. The molecule has 24 heavy (non-hydrogen) atoms. The summed E-state index contributed by atoms with van der Waals surface area (Å²) < 4.78 is 32.7. The monoisotopic (exact) mass is 374 g/mol. The van der Waals surface area contributed by atoms with Gasteiger partial charge in [0.25, 0.3) is 0 Å². The van der Waals surface area contributed by atoms with Gasteiger partial charge in [-0.05, 0) is 57.0 Å². The smallest absolute Gasteiger partial charge is 0.244 e. The summed E-state index contributed by atoms with van der Waals surface area (Å²) in [7, 11) is -2.18. The number of nitrogens with zero attached hydrogens (tertiary/aromatic N) is 1. The maximum Gasteiger partial charge on any atom is 0.244 e. The maximum absolute atomic E-state index is 12.5. The zero-order valence-corrected chi connectivity index (χ0v) is 16.0. The van der Waals surface area contributed by atoms with Crippen molar-refractivity contribution in [3.05, 3.63) is 23.2 Å². The van der Waals surface area contributed by atoms with E-state index in [1.54, 1.807) is 12.1 Å². The summed E-state index contributed by atoms with van der Waals surface area (Å²) in [5.41, 5.74) is 0. The van der Waals surface area contributed by atoms with Crippen LogP contribution < -0.4 is 9.46 Å². The molecule has 1 atom stereocenters. The van der Waals surface area contributed by atoms with Crippen LogP contribution in [0.15, 0.2) is 23.1 Å². The van der Waals surface area contributed by atoms with Crippen LogP contribution in [0, 0.1) is 0 Å². The molecule has 1 N–H and O–H groups in total. The van der Waals surface area contributed by atoms with Gasteiger partial charge >= 0.3 is 0 Å². The molecule has 0 bridgehead atoms. The highest BCUT2D eigenvalue weighted by Gasteiger charge is 2.22. The van der Waals surface area contributed by atoms with Crippen LogP contribution in [0.2, 0.25) is 5.02 Å². The molecule has 0 aromatic heterocycles. The topological polar surface area (TPSA) is 58.6 Å². The van der Waals surface area contributed by atoms with Gasteiger partial charge in [0.1, 0.15) is 10.6 Å². The fourth-order valence-corrected chi connectivity index (χ4v) is 4.75. The van der Waals surface area contributed by atoms with Crippen LogP contribution in [-0.4, -0.2) is 46.1 Å². The molecule has 1 aromatic carbocycles. The number of halogens is 1. The van der Waals surface area contributed by atoms with Crippen molar-refractivity contribution >= 4 is 21.6 Å². The van der Waals surface area contributed by atoms with Gasteiger partial charge in [0.2, 0.25) is 10.0 Å². The molecule has 1 aliphatic rings. The van der Waals surface area contributed by atoms with E-state index in [0.29, 0.717) is 23.4 Å². The Bertz CT molecular complexity index is 637. The van der Waals surface area contributed by atoms with Gasteiger partial charge in [-0.2, -0.15) is 0 Å². The van der Waals surface area contributed by atoms with Crippen LogP contribution in [0.3, 0.4) is 0 Å². The number of hydrogen-bond acceptors (Lipinski definition) is 4. The molecule has 0 unspecified atom stereocenters. The number of rotatable bonds is 8. The van der Waals surface area contributed by atoms with E-state index in [1.165, 1.54) is 32.4 Å². The first kappa shape index (κ1) is 19.5. The number of hydrogen-bond donors (Lipinski definition) is 1. The summed E-state index contributed by atoms with van der Waals surface area (Å²) in [6, 6.07) is 5.24. The van der Waals surface area contributed by atoms with E-state index in [9.17, 15) is 8.42 Å². The molecule has 2 rings (SSSR count). The van der Waals surface area contributed by atoms with Crippen LogP contribution in [0.25, 0.3) is 0 Å². The fraction of sp³-hybridized carbons (Fsp3) is 0.647. The van der Waals surface area contributed by atoms with Gasteiger partial charge in [-0.3, -0.25) is 0 Å². The molecule has 1 aliphatic heterocycles. The van der Waals surface area contributed by atoms with Crippen molar-refractivity contribution in [1.82, 2.24) is 9.62 Å². The molecule has 1 fully saturated rings. The molecule has 1 aromatic rings. The SMILES string of the molecule is CC[C@@H]1CCCCN1CCCNS(=O)(=O)c1cc(Cl)ccc1OC. The van der Waals surface area contributed by atoms with E-state index < -0.39 is 10.0 Å². The second-order valence-electron chi connectivity index (χ2n) is 6.14. The highest BCUT2D eigenvalue weighted by molar-refractivity contribution is 7.89. The normalized spacial score (nSPS) is 19.4. The summed E-state index contributed by atoms with van der Waals surface area (Å²) >= 11 is 5.92. The Balaban J connectivity index is 1.90. The molecule has 0 saturated carbocycles. The zero-order valence-electron chi connectivity index (χ0n) is 14.4. The van der Waals surface area contributed by atoms with Crippen molar-refractivity contribution in [3.8, 4) is 5.75 Å². The molecule has 0 radical (unpaired) electrons. The number of nitrogens with one attached hydrogen (secondary N) is 1. The van der Waals surface area contributed by atoms with Crippen molar-refractivity contribution in [1.29, 1.82) is 0 Å². The molecular formula is C17H27ClN2O3S. The third-order valence-corrected chi connectivity index (χ3v) is 6.27. The molecule has 5 nitrogen and oxygen atoms in total. The minimum Gasteiger partial charge on any atom is -0.495 e. The molecule has 0 spiro atoms. The number of methoxy groups -OCH3 is 1. The first-order valence-electron chi connectivity index (χ1n) is 8.55. The van der Waals surface area contributed by atoms with Crippen LogP contribution >= 0.6 is 11.6 Å². The van der Waals surface area contributed by atoms with Gasteiger partial charge in [0.05, 0.1) is 7.11 Å². The van der Waals surface area contributed by atoms with Crippen LogP contribution in [0.4, 0.5) is 0 Å². The Hall–Kier alpha value is -0.820. The summed E-state index contributed by atoms with van der Waals surface area (Å²) in [5.74, 6) is 0.300. The van der Waals surface area contributed by atoms with Crippen LogP contribution in [-0.2, 0) is 10.0 Å². The Kier molecular flexibility index (Phi) is 7.34. The fourth-order valence-electron chi connectivity index (χ4n) is 3.24. The lowest BCUT2D eigenvalue weighted by molar-refractivity contribution is 0.143. The molecule has 136 valence electrons. The van der Waals surface area contributed by atoms with E-state index in [4.69, 9.17) is 16.3 Å². The highest BCUT2D eigenvalue weighted by Crippen LogP contribution is 2.26. The van der Waals surface area contributed by atoms with E-state index in [-0.39, 0.29) is 4.90 Å². The van der Waals surface area contributed by atoms with Gasteiger partial charge in [-0.25, -0.2) is 13.1 Å². The molecule has 0 aliphatic carbocycles. The van der Waals surface area contributed by atoms with Crippen molar-refractivity contribution < 1.29 is 13.2 Å². The van der Waals surface area contributed by atoms with Crippen molar-refractivity contribution in [2.24, 2.45) is 0 Å². The standard InChI is InChI=1S/C17H27ClN2O3S/c1-3-15-7-4-5-11-20(15)12-6-10-19-24(21,22)17-13-14(18)8-9-16(17)23-2/h8-9,13,15,19H,3-7,10-12H2,1-2H3/t15-/m1/s1. The minimum atomic E-state index is -3.63. The van der Waals surface area contributed by atoms with E-state index in [0.717, 1.165) is 25.9 Å². The molecular weight excluding hydrogens is 348 g/mol. The predicted molar refractivity (Wildman–Crippen MR) is 97.3 cm³/mol. The molecule has 0 amide bonds. The largest absolute Gasteiger partial charge is 0.495 e. The van der Waals surface area contributed by atoms with Gasteiger partial charge in [0, 0.05) is 17.6 Å². The van der Waals surface area contributed by atoms with Gasteiger partial charge in [0.15, 0.2) is 0 Å². The third-order valence-electron chi connectivity index (χ3n) is 4.55. The van der Waals surface area contributed by atoms with E-state index in [2.05, 4.69) is 16.5 Å². The van der Waals surface area contributed by atoms with Gasteiger partial charge in [-0.1, -0.05) is 24.9 Å². The summed E-state index contributed by atoms with van der Waals surface area (Å²) in [5, 5.41) is 0.371. The third kappa shape index (κ3) is 5.09. The van der Waals surface area contributed by atoms with Crippen molar-refractivity contribution in [3.63, 3.8) is 0 Å². The maximum atomic E-state index is 12.5. The lowest BCUT2D eigenvalue weighted by Crippen LogP contribution is -2.40.